The SMILES string of the molecule is O=C(NC1CCCCC1)c1ccc(-n2cccn2)cc1. The largest absolute Gasteiger partial charge is 0.349 e. The van der Waals surface area contributed by atoms with Gasteiger partial charge in [-0.2, -0.15) is 5.10 Å². The predicted octanol–water partition coefficient (Wildman–Crippen LogP) is 2.93. The number of hydrogen-bond donors (Lipinski definition) is 1. The first-order valence-electron chi connectivity index (χ1n) is 7.24. The Kier molecular flexibility index (Phi) is 3.81. The first kappa shape index (κ1) is 12.9. The molecule has 3 rings (SSSR count). The maximum Gasteiger partial charge on any atom is 0.251 e. The lowest BCUT2D eigenvalue weighted by Gasteiger charge is -2.22. The number of carbonyl (C=O) groups is 1. The molecular weight excluding hydrogens is 250 g/mol. The highest BCUT2D eigenvalue weighted by Crippen LogP contribution is 2.18. The molecule has 0 bridgehead atoms. The molecule has 2 aromatic rings. The standard InChI is InChI=1S/C16H19N3O/c20-16(18-14-5-2-1-3-6-14)13-7-9-15(10-8-13)19-12-4-11-17-19/h4,7-12,14H,1-3,5-6H2,(H,18,20). The van der Waals surface area contributed by atoms with Crippen LogP contribution in [0.1, 0.15) is 42.5 Å². The van der Waals surface area contributed by atoms with Gasteiger partial charge in [-0.25, -0.2) is 4.68 Å². The average molecular weight is 269 g/mol. The van der Waals surface area contributed by atoms with Crippen molar-refractivity contribution < 1.29 is 4.79 Å². The molecule has 1 aromatic carbocycles. The highest BCUT2D eigenvalue weighted by Gasteiger charge is 2.16. The van der Waals surface area contributed by atoms with Gasteiger partial charge >= 0.3 is 0 Å². The van der Waals surface area contributed by atoms with Gasteiger partial charge in [0, 0.05) is 24.0 Å². The molecule has 0 radical (unpaired) electrons. The van der Waals surface area contributed by atoms with Crippen LogP contribution in [0.4, 0.5) is 0 Å². The molecule has 1 N–H and O–H groups in total. The summed E-state index contributed by atoms with van der Waals surface area (Å²) in [7, 11) is 0. The van der Waals surface area contributed by atoms with Crippen LogP contribution in [0.25, 0.3) is 5.69 Å². The van der Waals surface area contributed by atoms with Crippen LogP contribution in [0.2, 0.25) is 0 Å². The van der Waals surface area contributed by atoms with Crippen LogP contribution in [0.3, 0.4) is 0 Å². The van der Waals surface area contributed by atoms with Crippen molar-refractivity contribution in [3.8, 4) is 5.69 Å². The molecule has 4 heteroatoms. The molecule has 1 amide bonds. The Morgan fingerprint density at radius 1 is 1.15 bits per heavy atom. The van der Waals surface area contributed by atoms with E-state index < -0.39 is 0 Å². The molecule has 104 valence electrons. The summed E-state index contributed by atoms with van der Waals surface area (Å²) in [5.74, 6) is 0.0314. The number of nitrogens with one attached hydrogen (secondary N) is 1. The van der Waals surface area contributed by atoms with E-state index in [1.165, 1.54) is 19.3 Å². The average Bonchev–Trinajstić information content (AvgIpc) is 3.03. The van der Waals surface area contributed by atoms with Gasteiger partial charge in [0.05, 0.1) is 5.69 Å². The molecule has 1 fully saturated rings. The van der Waals surface area contributed by atoms with Gasteiger partial charge in [-0.15, -0.1) is 0 Å². The Labute approximate surface area is 118 Å². The van der Waals surface area contributed by atoms with Crippen molar-refractivity contribution in [2.24, 2.45) is 0 Å². The van der Waals surface area contributed by atoms with Crippen molar-refractivity contribution in [3.63, 3.8) is 0 Å². The summed E-state index contributed by atoms with van der Waals surface area (Å²) in [6.07, 6.45) is 9.59. The van der Waals surface area contributed by atoms with Crippen molar-refractivity contribution in [2.75, 3.05) is 0 Å². The minimum absolute atomic E-state index is 0.0314. The molecule has 0 atom stereocenters. The van der Waals surface area contributed by atoms with E-state index in [4.69, 9.17) is 0 Å². The van der Waals surface area contributed by atoms with E-state index >= 15 is 0 Å². The van der Waals surface area contributed by atoms with Gasteiger partial charge in [0.1, 0.15) is 0 Å². The van der Waals surface area contributed by atoms with Crippen molar-refractivity contribution in [1.29, 1.82) is 0 Å². The second-order valence-corrected chi connectivity index (χ2v) is 5.31. The number of carbonyl (C=O) groups excluding carboxylic acids is 1. The summed E-state index contributed by atoms with van der Waals surface area (Å²) in [5.41, 5.74) is 1.68. The third kappa shape index (κ3) is 2.90. The van der Waals surface area contributed by atoms with E-state index in [0.717, 1.165) is 18.5 Å². The topological polar surface area (TPSA) is 46.9 Å². The van der Waals surface area contributed by atoms with Crippen molar-refractivity contribution in [3.05, 3.63) is 48.3 Å². The van der Waals surface area contributed by atoms with Crippen molar-refractivity contribution in [2.45, 2.75) is 38.1 Å². The Balaban J connectivity index is 1.66. The summed E-state index contributed by atoms with van der Waals surface area (Å²) in [5, 5.41) is 7.30. The van der Waals surface area contributed by atoms with Crippen molar-refractivity contribution in [1.82, 2.24) is 15.1 Å². The predicted molar refractivity (Wildman–Crippen MR) is 77.9 cm³/mol. The monoisotopic (exact) mass is 269 g/mol. The van der Waals surface area contributed by atoms with Crippen LogP contribution >= 0.6 is 0 Å². The Hall–Kier alpha value is -2.10. The molecule has 1 heterocycles. The van der Waals surface area contributed by atoms with Gasteiger partial charge in [-0.3, -0.25) is 4.79 Å². The quantitative estimate of drug-likeness (QED) is 0.931. The highest BCUT2D eigenvalue weighted by molar-refractivity contribution is 5.94. The maximum absolute atomic E-state index is 12.2. The lowest BCUT2D eigenvalue weighted by Crippen LogP contribution is -2.36. The maximum atomic E-state index is 12.2. The third-order valence-corrected chi connectivity index (χ3v) is 3.84. The number of rotatable bonds is 3. The van der Waals surface area contributed by atoms with Gasteiger partial charge in [-0.05, 0) is 43.2 Å². The fourth-order valence-electron chi connectivity index (χ4n) is 2.70. The zero-order valence-corrected chi connectivity index (χ0v) is 11.5. The summed E-state index contributed by atoms with van der Waals surface area (Å²) >= 11 is 0. The molecule has 1 aliphatic rings. The Morgan fingerprint density at radius 3 is 2.55 bits per heavy atom. The van der Waals surface area contributed by atoms with E-state index in [1.54, 1.807) is 10.9 Å². The second kappa shape index (κ2) is 5.90. The number of aromatic nitrogens is 2. The van der Waals surface area contributed by atoms with E-state index in [9.17, 15) is 4.79 Å². The summed E-state index contributed by atoms with van der Waals surface area (Å²) < 4.78 is 1.78. The molecule has 0 spiro atoms. The molecular formula is C16H19N3O. The Morgan fingerprint density at radius 2 is 1.90 bits per heavy atom. The fourth-order valence-corrected chi connectivity index (χ4v) is 2.70. The van der Waals surface area contributed by atoms with E-state index in [2.05, 4.69) is 10.4 Å². The first-order chi connectivity index (χ1) is 9.83. The normalized spacial score (nSPS) is 16.0. The lowest BCUT2D eigenvalue weighted by atomic mass is 9.95. The minimum Gasteiger partial charge on any atom is -0.349 e. The van der Waals surface area contributed by atoms with Crippen LogP contribution < -0.4 is 5.32 Å². The summed E-state index contributed by atoms with van der Waals surface area (Å²) in [6.45, 7) is 0. The molecule has 1 aromatic heterocycles. The molecule has 0 saturated heterocycles. The summed E-state index contributed by atoms with van der Waals surface area (Å²) in [4.78, 5) is 12.2. The van der Waals surface area contributed by atoms with E-state index in [-0.39, 0.29) is 5.91 Å². The van der Waals surface area contributed by atoms with Gasteiger partial charge in [0.15, 0.2) is 0 Å². The second-order valence-electron chi connectivity index (χ2n) is 5.31. The van der Waals surface area contributed by atoms with Crippen LogP contribution in [-0.2, 0) is 0 Å². The number of nitrogens with zero attached hydrogens (tertiary/aromatic N) is 2. The van der Waals surface area contributed by atoms with Gasteiger partial charge in [-0.1, -0.05) is 19.3 Å². The van der Waals surface area contributed by atoms with Crippen molar-refractivity contribution >= 4 is 5.91 Å². The fraction of sp³-hybridized carbons (Fsp3) is 0.375. The molecule has 1 aliphatic carbocycles. The minimum atomic E-state index is 0.0314. The third-order valence-electron chi connectivity index (χ3n) is 3.84. The molecule has 4 nitrogen and oxygen atoms in total. The lowest BCUT2D eigenvalue weighted by molar-refractivity contribution is 0.0927. The number of benzene rings is 1. The van der Waals surface area contributed by atoms with Gasteiger partial charge < -0.3 is 5.32 Å². The highest BCUT2D eigenvalue weighted by atomic mass is 16.1. The van der Waals surface area contributed by atoms with Gasteiger partial charge in [0.2, 0.25) is 0 Å². The number of hydrogen-bond acceptors (Lipinski definition) is 2. The van der Waals surface area contributed by atoms with Crippen LogP contribution in [0.15, 0.2) is 42.7 Å². The van der Waals surface area contributed by atoms with Crippen LogP contribution in [-0.4, -0.2) is 21.7 Å². The van der Waals surface area contributed by atoms with E-state index in [0.29, 0.717) is 11.6 Å². The molecule has 0 aliphatic heterocycles. The zero-order valence-electron chi connectivity index (χ0n) is 11.5. The van der Waals surface area contributed by atoms with Crippen LogP contribution in [0, 0.1) is 0 Å². The molecule has 0 unspecified atom stereocenters. The molecule has 20 heavy (non-hydrogen) atoms. The summed E-state index contributed by atoms with van der Waals surface area (Å²) in [6, 6.07) is 9.78. The van der Waals surface area contributed by atoms with Crippen LogP contribution in [0.5, 0.6) is 0 Å². The zero-order chi connectivity index (χ0) is 13.8. The first-order valence-corrected chi connectivity index (χ1v) is 7.24. The Bertz CT molecular complexity index is 554. The number of amides is 1. The smallest absolute Gasteiger partial charge is 0.251 e. The van der Waals surface area contributed by atoms with Gasteiger partial charge in [0.25, 0.3) is 5.91 Å². The van der Waals surface area contributed by atoms with E-state index in [1.807, 2.05) is 36.5 Å². The molecule has 1 saturated carbocycles.